The Hall–Kier alpha value is -0.870. The van der Waals surface area contributed by atoms with Crippen molar-refractivity contribution in [1.82, 2.24) is 4.72 Å². The molecule has 0 aliphatic rings. The van der Waals surface area contributed by atoms with Crippen LogP contribution in [0.25, 0.3) is 0 Å². The van der Waals surface area contributed by atoms with E-state index in [0.717, 1.165) is 12.0 Å². The second-order valence-corrected chi connectivity index (χ2v) is 6.37. The molecule has 1 aromatic carbocycles. The van der Waals surface area contributed by atoms with Crippen molar-refractivity contribution in [2.24, 2.45) is 0 Å². The van der Waals surface area contributed by atoms with Crippen LogP contribution in [0.5, 0.6) is 0 Å². The van der Waals surface area contributed by atoms with Gasteiger partial charge in [-0.1, -0.05) is 32.9 Å². The lowest BCUT2D eigenvalue weighted by molar-refractivity contribution is 0.556. The van der Waals surface area contributed by atoms with E-state index in [1.807, 2.05) is 26.0 Å². The van der Waals surface area contributed by atoms with Gasteiger partial charge in [0.15, 0.2) is 0 Å². The summed E-state index contributed by atoms with van der Waals surface area (Å²) < 4.78 is 26.6. The SMILES string of the molecule is CC[C@H](C)NS(=O)(=O)c1ccc(C(C)C)cc1. The minimum absolute atomic E-state index is 0.0372. The monoisotopic (exact) mass is 255 g/mol. The highest BCUT2D eigenvalue weighted by molar-refractivity contribution is 7.89. The summed E-state index contributed by atoms with van der Waals surface area (Å²) in [5.74, 6) is 0.411. The lowest BCUT2D eigenvalue weighted by Crippen LogP contribution is -2.31. The van der Waals surface area contributed by atoms with Crippen LogP contribution in [-0.4, -0.2) is 14.5 Å². The fraction of sp³-hybridized carbons (Fsp3) is 0.538. The Kier molecular flexibility index (Phi) is 4.71. The Bertz CT molecular complexity index is 449. The summed E-state index contributed by atoms with van der Waals surface area (Å²) in [7, 11) is -3.36. The molecule has 4 heteroatoms. The first-order valence-electron chi connectivity index (χ1n) is 5.99. The normalized spacial score (nSPS) is 13.9. The summed E-state index contributed by atoms with van der Waals surface area (Å²) in [5.41, 5.74) is 1.15. The molecular formula is C13H21NO2S. The Morgan fingerprint density at radius 2 is 1.65 bits per heavy atom. The molecule has 1 N–H and O–H groups in total. The molecule has 3 nitrogen and oxygen atoms in total. The Morgan fingerprint density at radius 3 is 2.06 bits per heavy atom. The summed E-state index contributed by atoms with van der Waals surface area (Å²) in [6.45, 7) is 7.98. The van der Waals surface area contributed by atoms with Crippen LogP contribution in [0.2, 0.25) is 0 Å². The molecular weight excluding hydrogens is 234 g/mol. The molecule has 1 aromatic rings. The molecule has 0 aromatic heterocycles. The minimum Gasteiger partial charge on any atom is -0.208 e. The maximum absolute atomic E-state index is 12.0. The summed E-state index contributed by atoms with van der Waals surface area (Å²) in [5, 5.41) is 0. The van der Waals surface area contributed by atoms with E-state index in [2.05, 4.69) is 18.6 Å². The topological polar surface area (TPSA) is 46.2 Å². The fourth-order valence-corrected chi connectivity index (χ4v) is 2.77. The van der Waals surface area contributed by atoms with Crippen molar-refractivity contribution >= 4 is 10.0 Å². The van der Waals surface area contributed by atoms with Crippen molar-refractivity contribution in [2.75, 3.05) is 0 Å². The zero-order chi connectivity index (χ0) is 13.1. The van der Waals surface area contributed by atoms with Crippen LogP contribution in [0.15, 0.2) is 29.2 Å². The van der Waals surface area contributed by atoms with Crippen LogP contribution in [-0.2, 0) is 10.0 Å². The van der Waals surface area contributed by atoms with Crippen LogP contribution in [0.1, 0.15) is 45.6 Å². The molecule has 0 saturated carbocycles. The van der Waals surface area contributed by atoms with Crippen molar-refractivity contribution in [2.45, 2.75) is 51.0 Å². The van der Waals surface area contributed by atoms with Gasteiger partial charge in [-0.25, -0.2) is 13.1 Å². The average molecular weight is 255 g/mol. The maximum Gasteiger partial charge on any atom is 0.240 e. The van der Waals surface area contributed by atoms with E-state index in [-0.39, 0.29) is 6.04 Å². The van der Waals surface area contributed by atoms with Crippen LogP contribution in [0.3, 0.4) is 0 Å². The number of sulfonamides is 1. The van der Waals surface area contributed by atoms with E-state index in [1.165, 1.54) is 0 Å². The van der Waals surface area contributed by atoms with E-state index < -0.39 is 10.0 Å². The molecule has 0 unspecified atom stereocenters. The quantitative estimate of drug-likeness (QED) is 0.879. The van der Waals surface area contributed by atoms with Gasteiger partial charge in [-0.15, -0.1) is 0 Å². The molecule has 0 amide bonds. The van der Waals surface area contributed by atoms with Crippen molar-refractivity contribution < 1.29 is 8.42 Å². The molecule has 0 saturated heterocycles. The standard InChI is InChI=1S/C13H21NO2S/c1-5-11(4)14-17(15,16)13-8-6-12(7-9-13)10(2)3/h6-11,14H,5H2,1-4H3/t11-/m0/s1. The van der Waals surface area contributed by atoms with Crippen LogP contribution >= 0.6 is 0 Å². The molecule has 0 aliphatic heterocycles. The maximum atomic E-state index is 12.0. The van der Waals surface area contributed by atoms with Gasteiger partial charge in [0.05, 0.1) is 4.90 Å². The first-order valence-corrected chi connectivity index (χ1v) is 7.47. The lowest BCUT2D eigenvalue weighted by atomic mass is 10.0. The summed E-state index contributed by atoms with van der Waals surface area (Å²) >= 11 is 0. The molecule has 0 aliphatic carbocycles. The molecule has 0 radical (unpaired) electrons. The first-order chi connectivity index (χ1) is 7.86. The van der Waals surface area contributed by atoms with Crippen molar-refractivity contribution in [3.63, 3.8) is 0 Å². The average Bonchev–Trinajstić information content (AvgIpc) is 2.28. The third kappa shape index (κ3) is 3.82. The Balaban J connectivity index is 2.92. The lowest BCUT2D eigenvalue weighted by Gasteiger charge is -2.13. The zero-order valence-corrected chi connectivity index (χ0v) is 11.7. The molecule has 1 rings (SSSR count). The van der Waals surface area contributed by atoms with Crippen LogP contribution in [0.4, 0.5) is 0 Å². The van der Waals surface area contributed by atoms with Gasteiger partial charge >= 0.3 is 0 Å². The third-order valence-corrected chi connectivity index (χ3v) is 4.43. The molecule has 96 valence electrons. The molecule has 1 atom stereocenters. The van der Waals surface area contributed by atoms with E-state index in [9.17, 15) is 8.42 Å². The number of nitrogens with one attached hydrogen (secondary N) is 1. The zero-order valence-electron chi connectivity index (χ0n) is 10.9. The van der Waals surface area contributed by atoms with Gasteiger partial charge in [0.1, 0.15) is 0 Å². The van der Waals surface area contributed by atoms with Gasteiger partial charge < -0.3 is 0 Å². The number of hydrogen-bond acceptors (Lipinski definition) is 2. The minimum atomic E-state index is -3.36. The Labute approximate surface area is 104 Å². The van der Waals surface area contributed by atoms with Gasteiger partial charge in [0, 0.05) is 6.04 Å². The highest BCUT2D eigenvalue weighted by Gasteiger charge is 2.16. The van der Waals surface area contributed by atoms with Gasteiger partial charge in [-0.2, -0.15) is 0 Å². The van der Waals surface area contributed by atoms with Crippen molar-refractivity contribution in [3.05, 3.63) is 29.8 Å². The number of rotatable bonds is 5. The van der Waals surface area contributed by atoms with E-state index in [4.69, 9.17) is 0 Å². The predicted octanol–water partition coefficient (Wildman–Crippen LogP) is 2.89. The second kappa shape index (κ2) is 5.65. The predicted molar refractivity (Wildman–Crippen MR) is 70.6 cm³/mol. The largest absolute Gasteiger partial charge is 0.240 e. The van der Waals surface area contributed by atoms with Crippen molar-refractivity contribution in [3.8, 4) is 0 Å². The molecule has 0 heterocycles. The second-order valence-electron chi connectivity index (χ2n) is 4.65. The van der Waals surface area contributed by atoms with E-state index in [1.54, 1.807) is 12.1 Å². The van der Waals surface area contributed by atoms with E-state index in [0.29, 0.717) is 10.8 Å². The van der Waals surface area contributed by atoms with Gasteiger partial charge in [0.25, 0.3) is 0 Å². The molecule has 0 fully saturated rings. The first kappa shape index (κ1) is 14.2. The molecule has 0 bridgehead atoms. The van der Waals surface area contributed by atoms with Gasteiger partial charge in [-0.3, -0.25) is 0 Å². The highest BCUT2D eigenvalue weighted by atomic mass is 32.2. The number of hydrogen-bond donors (Lipinski definition) is 1. The number of benzene rings is 1. The summed E-state index contributed by atoms with van der Waals surface area (Å²) in [6.07, 6.45) is 0.781. The molecule has 17 heavy (non-hydrogen) atoms. The van der Waals surface area contributed by atoms with E-state index >= 15 is 0 Å². The van der Waals surface area contributed by atoms with Gasteiger partial charge in [0.2, 0.25) is 10.0 Å². The van der Waals surface area contributed by atoms with Crippen LogP contribution in [0, 0.1) is 0 Å². The van der Waals surface area contributed by atoms with Gasteiger partial charge in [-0.05, 0) is 37.0 Å². The fourth-order valence-electron chi connectivity index (χ4n) is 1.45. The van der Waals surface area contributed by atoms with Crippen molar-refractivity contribution in [1.29, 1.82) is 0 Å². The summed E-state index contributed by atoms with van der Waals surface area (Å²) in [4.78, 5) is 0.335. The smallest absolute Gasteiger partial charge is 0.208 e. The Morgan fingerprint density at radius 1 is 1.12 bits per heavy atom. The third-order valence-electron chi connectivity index (χ3n) is 2.83. The molecule has 0 spiro atoms. The highest BCUT2D eigenvalue weighted by Crippen LogP contribution is 2.17. The summed E-state index contributed by atoms with van der Waals surface area (Å²) in [6, 6.07) is 7.04. The van der Waals surface area contributed by atoms with Crippen LogP contribution < -0.4 is 4.72 Å².